The summed E-state index contributed by atoms with van der Waals surface area (Å²) in [6.45, 7) is 4.21. The average Bonchev–Trinajstić information content (AvgIpc) is 2.88. The Bertz CT molecular complexity index is 779. The standard InChI is InChI=1S/C17H25N3O2S/c1-13-8-9-15(11-14(13)2)23(21,22)18-12-17(19(3)4)16-7-6-10-20(16)5/h6-11,17-18H,12H2,1-5H3. The first kappa shape index (κ1) is 17.7. The normalized spacial score (nSPS) is 13.5. The fraction of sp³-hybridized carbons (Fsp3) is 0.412. The summed E-state index contributed by atoms with van der Waals surface area (Å²) in [5.41, 5.74) is 3.12. The van der Waals surface area contributed by atoms with Gasteiger partial charge in [-0.25, -0.2) is 13.1 Å². The van der Waals surface area contributed by atoms with Crippen LogP contribution in [0.15, 0.2) is 41.4 Å². The van der Waals surface area contributed by atoms with Crippen LogP contribution in [-0.2, 0) is 17.1 Å². The first-order valence-electron chi connectivity index (χ1n) is 7.57. The zero-order valence-corrected chi connectivity index (χ0v) is 15.2. The highest BCUT2D eigenvalue weighted by molar-refractivity contribution is 7.89. The lowest BCUT2D eigenvalue weighted by molar-refractivity contribution is 0.289. The predicted octanol–water partition coefficient (Wildman–Crippen LogP) is 2.22. The zero-order chi connectivity index (χ0) is 17.2. The maximum absolute atomic E-state index is 12.5. The van der Waals surface area contributed by atoms with Crippen molar-refractivity contribution >= 4 is 10.0 Å². The minimum atomic E-state index is -3.52. The highest BCUT2D eigenvalue weighted by Crippen LogP contribution is 2.19. The van der Waals surface area contributed by atoms with Gasteiger partial charge in [-0.3, -0.25) is 4.90 Å². The van der Waals surface area contributed by atoms with E-state index in [0.717, 1.165) is 16.8 Å². The summed E-state index contributed by atoms with van der Waals surface area (Å²) < 4.78 is 29.8. The van der Waals surface area contributed by atoms with E-state index in [1.807, 2.05) is 68.9 Å². The van der Waals surface area contributed by atoms with E-state index in [1.54, 1.807) is 12.1 Å². The molecule has 0 bridgehead atoms. The van der Waals surface area contributed by atoms with Gasteiger partial charge in [0.2, 0.25) is 10.0 Å². The molecule has 2 aromatic rings. The Labute approximate surface area is 139 Å². The Morgan fingerprint density at radius 2 is 1.87 bits per heavy atom. The van der Waals surface area contributed by atoms with Crippen LogP contribution in [0.5, 0.6) is 0 Å². The molecule has 1 unspecified atom stereocenters. The molecule has 0 spiro atoms. The van der Waals surface area contributed by atoms with Crippen LogP contribution in [0.25, 0.3) is 0 Å². The fourth-order valence-electron chi connectivity index (χ4n) is 2.53. The highest BCUT2D eigenvalue weighted by atomic mass is 32.2. The average molecular weight is 335 g/mol. The number of nitrogens with one attached hydrogen (secondary N) is 1. The van der Waals surface area contributed by atoms with Crippen molar-refractivity contribution < 1.29 is 8.42 Å². The SMILES string of the molecule is Cc1ccc(S(=O)(=O)NCC(c2cccn2C)N(C)C)cc1C. The van der Waals surface area contributed by atoms with Crippen molar-refractivity contribution in [2.24, 2.45) is 7.05 Å². The lowest BCUT2D eigenvalue weighted by Gasteiger charge is -2.25. The summed E-state index contributed by atoms with van der Waals surface area (Å²) in [6.07, 6.45) is 1.96. The van der Waals surface area contributed by atoms with Gasteiger partial charge in [-0.1, -0.05) is 6.07 Å². The molecule has 0 saturated heterocycles. The van der Waals surface area contributed by atoms with Crippen molar-refractivity contribution in [2.75, 3.05) is 20.6 Å². The van der Waals surface area contributed by atoms with Crippen LogP contribution in [0.1, 0.15) is 22.9 Å². The minimum absolute atomic E-state index is 0.0312. The van der Waals surface area contributed by atoms with Crippen LogP contribution in [0, 0.1) is 13.8 Å². The fourth-order valence-corrected chi connectivity index (χ4v) is 3.65. The molecular formula is C17H25N3O2S. The molecule has 1 aromatic carbocycles. The van der Waals surface area contributed by atoms with Crippen LogP contribution in [0.3, 0.4) is 0 Å². The summed E-state index contributed by atoms with van der Waals surface area (Å²) in [4.78, 5) is 2.32. The number of likely N-dealkylation sites (N-methyl/N-ethyl adjacent to an activating group) is 1. The largest absolute Gasteiger partial charge is 0.353 e. The quantitative estimate of drug-likeness (QED) is 0.881. The van der Waals surface area contributed by atoms with E-state index < -0.39 is 10.0 Å². The topological polar surface area (TPSA) is 54.3 Å². The van der Waals surface area contributed by atoms with Gasteiger partial charge in [0.05, 0.1) is 10.9 Å². The number of hydrogen-bond donors (Lipinski definition) is 1. The van der Waals surface area contributed by atoms with Crippen molar-refractivity contribution in [1.82, 2.24) is 14.2 Å². The number of sulfonamides is 1. The molecule has 5 nitrogen and oxygen atoms in total. The number of benzene rings is 1. The first-order valence-corrected chi connectivity index (χ1v) is 9.05. The maximum Gasteiger partial charge on any atom is 0.240 e. The van der Waals surface area contributed by atoms with Crippen molar-refractivity contribution in [3.05, 3.63) is 53.3 Å². The third-order valence-corrected chi connectivity index (χ3v) is 5.63. The molecule has 1 atom stereocenters. The molecule has 6 heteroatoms. The second-order valence-corrected chi connectivity index (χ2v) is 7.89. The molecule has 23 heavy (non-hydrogen) atoms. The molecule has 0 saturated carbocycles. The van der Waals surface area contributed by atoms with E-state index >= 15 is 0 Å². The number of rotatable bonds is 6. The number of aromatic nitrogens is 1. The Hall–Kier alpha value is -1.63. The zero-order valence-electron chi connectivity index (χ0n) is 14.4. The van der Waals surface area contributed by atoms with Gasteiger partial charge in [-0.05, 0) is 63.3 Å². The smallest absolute Gasteiger partial charge is 0.240 e. The molecule has 0 aliphatic carbocycles. The van der Waals surface area contributed by atoms with Crippen molar-refractivity contribution in [1.29, 1.82) is 0 Å². The van der Waals surface area contributed by atoms with E-state index in [0.29, 0.717) is 11.4 Å². The van der Waals surface area contributed by atoms with Crippen LogP contribution >= 0.6 is 0 Å². The minimum Gasteiger partial charge on any atom is -0.353 e. The van der Waals surface area contributed by atoms with Crippen LogP contribution < -0.4 is 4.72 Å². The van der Waals surface area contributed by atoms with Crippen molar-refractivity contribution in [3.63, 3.8) is 0 Å². The van der Waals surface area contributed by atoms with E-state index in [2.05, 4.69) is 4.72 Å². The second kappa shape index (κ2) is 6.86. The number of hydrogen-bond acceptors (Lipinski definition) is 3. The molecule has 0 aliphatic rings. The Kier molecular flexibility index (Phi) is 5.29. The van der Waals surface area contributed by atoms with Gasteiger partial charge in [0, 0.05) is 25.5 Å². The summed E-state index contributed by atoms with van der Waals surface area (Å²) in [5.74, 6) is 0. The highest BCUT2D eigenvalue weighted by Gasteiger charge is 2.21. The lowest BCUT2D eigenvalue weighted by atomic mass is 10.1. The first-order chi connectivity index (χ1) is 10.7. The van der Waals surface area contributed by atoms with Crippen LogP contribution in [0.4, 0.5) is 0 Å². The molecule has 0 radical (unpaired) electrons. The molecule has 1 N–H and O–H groups in total. The molecule has 0 aliphatic heterocycles. The molecule has 0 fully saturated rings. The Balaban J connectivity index is 2.19. The van der Waals surface area contributed by atoms with Gasteiger partial charge in [0.1, 0.15) is 0 Å². The third kappa shape index (κ3) is 4.02. The summed E-state index contributed by atoms with van der Waals surface area (Å²) >= 11 is 0. The monoisotopic (exact) mass is 335 g/mol. The van der Waals surface area contributed by atoms with Gasteiger partial charge in [-0.15, -0.1) is 0 Å². The predicted molar refractivity (Wildman–Crippen MR) is 92.9 cm³/mol. The maximum atomic E-state index is 12.5. The van der Waals surface area contributed by atoms with Crippen LogP contribution in [0.2, 0.25) is 0 Å². The van der Waals surface area contributed by atoms with Gasteiger partial charge in [-0.2, -0.15) is 0 Å². The van der Waals surface area contributed by atoms with E-state index in [9.17, 15) is 8.42 Å². The Morgan fingerprint density at radius 3 is 2.39 bits per heavy atom. The molecule has 126 valence electrons. The molecular weight excluding hydrogens is 310 g/mol. The Morgan fingerprint density at radius 1 is 1.17 bits per heavy atom. The van der Waals surface area contributed by atoms with Crippen molar-refractivity contribution in [2.45, 2.75) is 24.8 Å². The number of nitrogens with zero attached hydrogens (tertiary/aromatic N) is 2. The van der Waals surface area contributed by atoms with Gasteiger partial charge in [0.25, 0.3) is 0 Å². The molecule has 0 amide bonds. The van der Waals surface area contributed by atoms with E-state index in [4.69, 9.17) is 0 Å². The van der Waals surface area contributed by atoms with Gasteiger partial charge in [0.15, 0.2) is 0 Å². The molecule has 1 aromatic heterocycles. The summed E-state index contributed by atoms with van der Waals surface area (Å²) in [6, 6.07) is 9.14. The molecule has 1 heterocycles. The number of aryl methyl sites for hydroxylation is 3. The summed E-state index contributed by atoms with van der Waals surface area (Å²) in [7, 11) is 2.34. The van der Waals surface area contributed by atoms with E-state index in [-0.39, 0.29) is 6.04 Å². The van der Waals surface area contributed by atoms with Crippen molar-refractivity contribution in [3.8, 4) is 0 Å². The summed E-state index contributed by atoms with van der Waals surface area (Å²) in [5, 5.41) is 0. The van der Waals surface area contributed by atoms with Gasteiger partial charge < -0.3 is 4.57 Å². The second-order valence-electron chi connectivity index (χ2n) is 6.12. The van der Waals surface area contributed by atoms with Gasteiger partial charge >= 0.3 is 0 Å². The third-order valence-electron chi connectivity index (χ3n) is 4.20. The molecule has 2 rings (SSSR count). The lowest BCUT2D eigenvalue weighted by Crippen LogP contribution is -2.35. The van der Waals surface area contributed by atoms with Crippen LogP contribution in [-0.4, -0.2) is 38.5 Å². The van der Waals surface area contributed by atoms with E-state index in [1.165, 1.54) is 0 Å².